The predicted molar refractivity (Wildman–Crippen MR) is 89.7 cm³/mol. The van der Waals surface area contributed by atoms with Crippen molar-refractivity contribution >= 4 is 11.9 Å². The quantitative estimate of drug-likeness (QED) is 0.568. The lowest BCUT2D eigenvalue weighted by Gasteiger charge is -2.15. The zero-order valence-electron chi connectivity index (χ0n) is 14.3. The van der Waals surface area contributed by atoms with E-state index in [9.17, 15) is 9.59 Å². The number of aryl methyl sites for hydroxylation is 1. The van der Waals surface area contributed by atoms with Crippen LogP contribution in [-0.2, 0) is 16.0 Å². The Balaban J connectivity index is 2.62. The maximum atomic E-state index is 11.1. The summed E-state index contributed by atoms with van der Waals surface area (Å²) in [5, 5.41) is 17.8. The van der Waals surface area contributed by atoms with Crippen LogP contribution in [0.4, 0.5) is 0 Å². The number of carboxylic acids is 2. The lowest BCUT2D eigenvalue weighted by Crippen LogP contribution is -2.17. The van der Waals surface area contributed by atoms with Crippen LogP contribution in [-0.4, -0.2) is 35.4 Å². The van der Waals surface area contributed by atoms with Crippen molar-refractivity contribution in [3.8, 4) is 11.5 Å². The van der Waals surface area contributed by atoms with E-state index in [0.717, 1.165) is 24.2 Å². The SMILES string of the molecule is CCOc1cccc(CCCCC(CC(=O)O)C(=O)O)c1OCC. The average molecular weight is 338 g/mol. The van der Waals surface area contributed by atoms with E-state index < -0.39 is 17.9 Å². The molecule has 0 saturated carbocycles. The summed E-state index contributed by atoms with van der Waals surface area (Å²) in [6, 6.07) is 5.75. The molecule has 0 fully saturated rings. The summed E-state index contributed by atoms with van der Waals surface area (Å²) in [6.45, 7) is 4.92. The molecule has 0 heterocycles. The van der Waals surface area contributed by atoms with Crippen molar-refractivity contribution in [1.29, 1.82) is 0 Å². The van der Waals surface area contributed by atoms with Crippen LogP contribution >= 0.6 is 0 Å². The number of rotatable bonds is 12. The van der Waals surface area contributed by atoms with Crippen LogP contribution in [0.15, 0.2) is 18.2 Å². The van der Waals surface area contributed by atoms with Gasteiger partial charge in [0.05, 0.1) is 25.6 Å². The third-order valence-corrected chi connectivity index (χ3v) is 3.67. The number of para-hydroxylation sites is 1. The second kappa shape index (κ2) is 10.5. The summed E-state index contributed by atoms with van der Waals surface area (Å²) in [5.74, 6) is -1.51. The highest BCUT2D eigenvalue weighted by molar-refractivity contribution is 5.77. The van der Waals surface area contributed by atoms with Gasteiger partial charge in [0.2, 0.25) is 0 Å². The molecule has 0 amide bonds. The number of ether oxygens (including phenoxy) is 2. The molecular weight excluding hydrogens is 312 g/mol. The van der Waals surface area contributed by atoms with Crippen molar-refractivity contribution in [1.82, 2.24) is 0 Å². The molecule has 134 valence electrons. The van der Waals surface area contributed by atoms with Crippen LogP contribution < -0.4 is 9.47 Å². The van der Waals surface area contributed by atoms with Crippen molar-refractivity contribution in [3.63, 3.8) is 0 Å². The second-order valence-corrected chi connectivity index (χ2v) is 5.49. The van der Waals surface area contributed by atoms with E-state index in [1.807, 2.05) is 32.0 Å². The summed E-state index contributed by atoms with van der Waals surface area (Å²) in [4.78, 5) is 21.7. The van der Waals surface area contributed by atoms with Crippen LogP contribution in [0.3, 0.4) is 0 Å². The highest BCUT2D eigenvalue weighted by Crippen LogP contribution is 2.32. The fourth-order valence-corrected chi connectivity index (χ4v) is 2.57. The molecule has 0 bridgehead atoms. The Morgan fingerprint density at radius 2 is 1.79 bits per heavy atom. The summed E-state index contributed by atoms with van der Waals surface area (Å²) in [6.07, 6.45) is 2.17. The van der Waals surface area contributed by atoms with Gasteiger partial charge in [0.15, 0.2) is 11.5 Å². The number of carboxylic acid groups (broad SMARTS) is 2. The highest BCUT2D eigenvalue weighted by Gasteiger charge is 2.20. The van der Waals surface area contributed by atoms with Crippen molar-refractivity contribution in [2.75, 3.05) is 13.2 Å². The van der Waals surface area contributed by atoms with Gasteiger partial charge < -0.3 is 19.7 Å². The minimum absolute atomic E-state index is 0.334. The van der Waals surface area contributed by atoms with Gasteiger partial charge in [-0.15, -0.1) is 0 Å². The van der Waals surface area contributed by atoms with Crippen molar-refractivity contribution < 1.29 is 29.3 Å². The Kier molecular flexibility index (Phi) is 8.68. The molecule has 0 aliphatic rings. The molecule has 0 saturated heterocycles. The van der Waals surface area contributed by atoms with Gasteiger partial charge in [-0.3, -0.25) is 9.59 Å². The largest absolute Gasteiger partial charge is 0.490 e. The van der Waals surface area contributed by atoms with Gasteiger partial charge in [0, 0.05) is 0 Å². The number of carbonyl (C=O) groups is 2. The fraction of sp³-hybridized carbons (Fsp3) is 0.556. The molecule has 0 aromatic heterocycles. The highest BCUT2D eigenvalue weighted by atomic mass is 16.5. The van der Waals surface area contributed by atoms with Crippen LogP contribution in [0.25, 0.3) is 0 Å². The van der Waals surface area contributed by atoms with E-state index >= 15 is 0 Å². The number of aliphatic carboxylic acids is 2. The lowest BCUT2D eigenvalue weighted by molar-refractivity contribution is -0.148. The molecule has 24 heavy (non-hydrogen) atoms. The molecule has 1 aromatic rings. The van der Waals surface area contributed by atoms with Crippen molar-refractivity contribution in [3.05, 3.63) is 23.8 Å². The second-order valence-electron chi connectivity index (χ2n) is 5.49. The van der Waals surface area contributed by atoms with Crippen LogP contribution in [0, 0.1) is 5.92 Å². The van der Waals surface area contributed by atoms with Gasteiger partial charge in [-0.1, -0.05) is 18.6 Å². The van der Waals surface area contributed by atoms with Crippen molar-refractivity contribution in [2.45, 2.75) is 46.0 Å². The van der Waals surface area contributed by atoms with Gasteiger partial charge >= 0.3 is 11.9 Å². The normalized spacial score (nSPS) is 11.8. The van der Waals surface area contributed by atoms with Crippen LogP contribution in [0.5, 0.6) is 11.5 Å². The van der Waals surface area contributed by atoms with Crippen LogP contribution in [0.1, 0.15) is 45.1 Å². The Morgan fingerprint density at radius 1 is 1.08 bits per heavy atom. The first-order chi connectivity index (χ1) is 11.5. The van der Waals surface area contributed by atoms with E-state index in [4.69, 9.17) is 19.7 Å². The zero-order valence-corrected chi connectivity index (χ0v) is 14.3. The van der Waals surface area contributed by atoms with E-state index in [1.165, 1.54) is 0 Å². The Morgan fingerprint density at radius 3 is 2.38 bits per heavy atom. The smallest absolute Gasteiger partial charge is 0.307 e. The van der Waals surface area contributed by atoms with Gasteiger partial charge in [-0.25, -0.2) is 0 Å². The molecule has 0 spiro atoms. The zero-order chi connectivity index (χ0) is 17.9. The fourth-order valence-electron chi connectivity index (χ4n) is 2.57. The number of hydrogen-bond acceptors (Lipinski definition) is 4. The minimum Gasteiger partial charge on any atom is -0.490 e. The minimum atomic E-state index is -1.08. The summed E-state index contributed by atoms with van der Waals surface area (Å²) in [5.41, 5.74) is 1.02. The number of benzene rings is 1. The maximum absolute atomic E-state index is 11.1. The van der Waals surface area contributed by atoms with Crippen molar-refractivity contribution in [2.24, 2.45) is 5.92 Å². The van der Waals surface area contributed by atoms with E-state index in [0.29, 0.717) is 31.8 Å². The van der Waals surface area contributed by atoms with E-state index in [2.05, 4.69) is 0 Å². The molecule has 2 N–H and O–H groups in total. The molecule has 1 aromatic carbocycles. The Labute approximate surface area is 142 Å². The molecule has 1 rings (SSSR count). The first-order valence-corrected chi connectivity index (χ1v) is 8.31. The van der Waals surface area contributed by atoms with Gasteiger partial charge in [0.25, 0.3) is 0 Å². The monoisotopic (exact) mass is 338 g/mol. The first-order valence-electron chi connectivity index (χ1n) is 8.31. The molecular formula is C18H26O6. The molecule has 6 nitrogen and oxygen atoms in total. The number of hydrogen-bond donors (Lipinski definition) is 2. The molecule has 1 atom stereocenters. The summed E-state index contributed by atoms with van der Waals surface area (Å²) >= 11 is 0. The Bertz CT molecular complexity index is 540. The molecule has 6 heteroatoms. The third kappa shape index (κ3) is 6.48. The summed E-state index contributed by atoms with van der Waals surface area (Å²) in [7, 11) is 0. The van der Waals surface area contributed by atoms with Gasteiger partial charge in [-0.2, -0.15) is 0 Å². The third-order valence-electron chi connectivity index (χ3n) is 3.67. The molecule has 0 radical (unpaired) electrons. The predicted octanol–water partition coefficient (Wildman–Crippen LogP) is 3.37. The maximum Gasteiger partial charge on any atom is 0.307 e. The number of unbranched alkanes of at least 4 members (excludes halogenated alkanes) is 1. The first kappa shape index (κ1) is 19.8. The molecule has 0 aliphatic heterocycles. The van der Waals surface area contributed by atoms with E-state index in [1.54, 1.807) is 0 Å². The Hall–Kier alpha value is -2.24. The van der Waals surface area contributed by atoms with E-state index in [-0.39, 0.29) is 6.42 Å². The lowest BCUT2D eigenvalue weighted by atomic mass is 9.96. The summed E-state index contributed by atoms with van der Waals surface area (Å²) < 4.78 is 11.3. The average Bonchev–Trinajstić information content (AvgIpc) is 2.52. The molecule has 0 aliphatic carbocycles. The van der Waals surface area contributed by atoms with Gasteiger partial charge in [-0.05, 0) is 44.7 Å². The van der Waals surface area contributed by atoms with Crippen LogP contribution in [0.2, 0.25) is 0 Å². The molecule has 1 unspecified atom stereocenters. The van der Waals surface area contributed by atoms with Gasteiger partial charge in [0.1, 0.15) is 0 Å². The standard InChI is InChI=1S/C18H26O6/c1-3-23-15-11-7-10-13(17(15)24-4-2)8-5-6-9-14(18(21)22)12-16(19)20/h7,10-11,14H,3-6,8-9,12H2,1-2H3,(H,19,20)(H,21,22). The topological polar surface area (TPSA) is 93.1 Å².